The average Bonchev–Trinajstić information content (AvgIpc) is 2.71. The van der Waals surface area contributed by atoms with Gasteiger partial charge in [-0.3, -0.25) is 13.7 Å². The molecular weight excluding hydrogens is 503 g/mol. The summed E-state index contributed by atoms with van der Waals surface area (Å²) in [5, 5.41) is -0.730. The van der Waals surface area contributed by atoms with Crippen LogP contribution in [0.2, 0.25) is 0 Å². The van der Waals surface area contributed by atoms with E-state index in [0.29, 0.717) is 12.1 Å². The summed E-state index contributed by atoms with van der Waals surface area (Å²) < 4.78 is 115. The van der Waals surface area contributed by atoms with Crippen molar-refractivity contribution in [2.75, 3.05) is 0 Å². The van der Waals surface area contributed by atoms with Crippen LogP contribution in [0, 0.1) is 0 Å². The molecule has 3 aromatic carbocycles. The first kappa shape index (κ1) is 24.3. The van der Waals surface area contributed by atoms with E-state index in [1.807, 2.05) is 0 Å². The van der Waals surface area contributed by atoms with Gasteiger partial charge in [-0.1, -0.05) is 60.7 Å². The predicted molar refractivity (Wildman–Crippen MR) is 115 cm³/mol. The maximum atomic E-state index is 14.5. The Morgan fingerprint density at radius 1 is 0.531 bits per heavy atom. The molecule has 10 nitrogen and oxygen atoms in total. The Kier molecular flexibility index (Phi) is 6.21. The second-order valence-electron chi connectivity index (χ2n) is 6.45. The molecule has 0 aromatic heterocycles. The van der Waals surface area contributed by atoms with Crippen LogP contribution in [0.15, 0.2) is 87.5 Å². The molecule has 0 spiro atoms. The molecule has 0 saturated heterocycles. The summed E-state index contributed by atoms with van der Waals surface area (Å²) in [6.07, 6.45) is 0. The molecule has 3 rings (SSSR count). The van der Waals surface area contributed by atoms with E-state index < -0.39 is 57.5 Å². The van der Waals surface area contributed by atoms with E-state index in [-0.39, 0.29) is 10.6 Å². The highest BCUT2D eigenvalue weighted by Crippen LogP contribution is 2.46. The molecule has 0 heterocycles. The molecule has 3 aromatic rings. The van der Waals surface area contributed by atoms with Crippen molar-refractivity contribution in [3.05, 3.63) is 72.8 Å². The van der Waals surface area contributed by atoms with Gasteiger partial charge in [0, 0.05) is 15.9 Å². The van der Waals surface area contributed by atoms with Crippen molar-refractivity contribution in [1.82, 2.24) is 0 Å². The lowest BCUT2D eigenvalue weighted by Crippen LogP contribution is -2.31. The third kappa shape index (κ3) is 4.41. The van der Waals surface area contributed by atoms with Crippen LogP contribution in [0.4, 0.5) is 0 Å². The van der Waals surface area contributed by atoms with Crippen molar-refractivity contribution in [3.8, 4) is 0 Å². The van der Waals surface area contributed by atoms with E-state index in [4.69, 9.17) is 0 Å². The summed E-state index contributed by atoms with van der Waals surface area (Å²) in [5.74, 6) is 0. The van der Waals surface area contributed by atoms with Crippen LogP contribution in [-0.4, -0.2) is 38.9 Å². The molecule has 0 saturated carbocycles. The zero-order chi connectivity index (χ0) is 23.9. The van der Waals surface area contributed by atoms with Crippen molar-refractivity contribution in [1.29, 1.82) is 0 Å². The Labute approximate surface area is 184 Å². The molecule has 0 unspecified atom stereocenters. The summed E-state index contributed by atoms with van der Waals surface area (Å²) in [6.45, 7) is 0. The van der Waals surface area contributed by atoms with Gasteiger partial charge in [-0.25, -0.2) is 0 Å². The van der Waals surface area contributed by atoms with Crippen LogP contribution in [0.25, 0.3) is 0 Å². The molecule has 0 bridgehead atoms. The number of benzene rings is 3. The third-order valence-electron chi connectivity index (χ3n) is 4.43. The SMILES string of the molecule is O=P(c1ccccc1)(c1ccccc1)c1ccc(S(=O)(=O)O)c(S(=O)(=O)O)c1S(=O)(=O)O. The largest absolute Gasteiger partial charge is 0.309 e. The van der Waals surface area contributed by atoms with Gasteiger partial charge in [0.1, 0.15) is 14.7 Å². The zero-order valence-corrected chi connectivity index (χ0v) is 19.1. The van der Waals surface area contributed by atoms with Crippen LogP contribution in [0.5, 0.6) is 0 Å². The van der Waals surface area contributed by atoms with Crippen molar-refractivity contribution >= 4 is 53.4 Å². The predicted octanol–water partition coefficient (Wildman–Crippen LogP) is 1.07. The molecule has 3 N–H and O–H groups in total. The van der Waals surface area contributed by atoms with E-state index >= 15 is 0 Å². The van der Waals surface area contributed by atoms with Crippen molar-refractivity contribution in [2.24, 2.45) is 0 Å². The summed E-state index contributed by atoms with van der Waals surface area (Å²) >= 11 is 0. The van der Waals surface area contributed by atoms with Gasteiger partial charge in [0.15, 0.2) is 7.14 Å². The zero-order valence-electron chi connectivity index (χ0n) is 15.8. The van der Waals surface area contributed by atoms with E-state index in [1.165, 1.54) is 48.5 Å². The summed E-state index contributed by atoms with van der Waals surface area (Å²) in [6, 6.07) is 15.7. The van der Waals surface area contributed by atoms with Gasteiger partial charge in [0.25, 0.3) is 30.4 Å². The lowest BCUT2D eigenvalue weighted by molar-refractivity contribution is 0.456. The quantitative estimate of drug-likeness (QED) is 0.315. The van der Waals surface area contributed by atoms with E-state index in [2.05, 4.69) is 0 Å². The van der Waals surface area contributed by atoms with Gasteiger partial charge < -0.3 is 4.57 Å². The minimum Gasteiger partial charge on any atom is -0.309 e. The van der Waals surface area contributed by atoms with Crippen LogP contribution >= 0.6 is 7.14 Å². The van der Waals surface area contributed by atoms with Crippen LogP contribution in [-0.2, 0) is 34.9 Å². The van der Waals surface area contributed by atoms with Gasteiger partial charge in [0.2, 0.25) is 0 Å². The van der Waals surface area contributed by atoms with Gasteiger partial charge in [-0.15, -0.1) is 0 Å². The lowest BCUT2D eigenvalue weighted by Gasteiger charge is -2.23. The molecule has 0 aliphatic heterocycles. The summed E-state index contributed by atoms with van der Waals surface area (Å²) in [4.78, 5) is -4.94. The molecule has 0 atom stereocenters. The Morgan fingerprint density at radius 2 is 0.938 bits per heavy atom. The van der Waals surface area contributed by atoms with Crippen LogP contribution < -0.4 is 15.9 Å². The Hall–Kier alpha value is -2.38. The fourth-order valence-electron chi connectivity index (χ4n) is 3.18. The fraction of sp³-hybridized carbons (Fsp3) is 0. The smallest absolute Gasteiger partial charge is 0.297 e. The highest BCUT2D eigenvalue weighted by atomic mass is 32.2. The Balaban J connectivity index is 2.66. The number of hydrogen-bond donors (Lipinski definition) is 3. The van der Waals surface area contributed by atoms with Crippen molar-refractivity contribution in [3.63, 3.8) is 0 Å². The summed E-state index contributed by atoms with van der Waals surface area (Å²) in [5.41, 5.74) is 0. The fourth-order valence-corrected chi connectivity index (χ4v) is 9.96. The first-order valence-corrected chi connectivity index (χ1v) is 14.5. The number of rotatable bonds is 6. The molecular formula is C18H15O10PS3. The van der Waals surface area contributed by atoms with Crippen LogP contribution in [0.3, 0.4) is 0 Å². The van der Waals surface area contributed by atoms with Crippen molar-refractivity contribution < 1.29 is 43.5 Å². The minimum atomic E-state index is -5.68. The summed E-state index contributed by atoms with van der Waals surface area (Å²) in [7, 11) is -21.0. The minimum absolute atomic E-state index is 0.0250. The van der Waals surface area contributed by atoms with Gasteiger partial charge >= 0.3 is 0 Å². The van der Waals surface area contributed by atoms with Crippen molar-refractivity contribution in [2.45, 2.75) is 14.7 Å². The Morgan fingerprint density at radius 3 is 1.28 bits per heavy atom. The van der Waals surface area contributed by atoms with Gasteiger partial charge in [-0.05, 0) is 12.1 Å². The maximum absolute atomic E-state index is 14.5. The molecule has 170 valence electrons. The second kappa shape index (κ2) is 8.19. The molecule has 0 aliphatic rings. The molecule has 0 radical (unpaired) electrons. The Bertz CT molecular complexity index is 1500. The van der Waals surface area contributed by atoms with Gasteiger partial charge in [0.05, 0.1) is 0 Å². The molecule has 32 heavy (non-hydrogen) atoms. The second-order valence-corrected chi connectivity index (χ2v) is 13.3. The standard InChI is InChI=1S/C18H15O10PS3/c19-29(13-7-3-1-4-8-13,14-9-5-2-6-10-14)15-11-12-16(30(20,21)22)18(32(26,27)28)17(15)31(23,24)25/h1-12H,(H,20,21,22)(H,23,24,25)(H,26,27,28). The van der Waals surface area contributed by atoms with E-state index in [0.717, 1.165) is 0 Å². The van der Waals surface area contributed by atoms with Crippen LogP contribution in [0.1, 0.15) is 0 Å². The average molecular weight is 518 g/mol. The topological polar surface area (TPSA) is 180 Å². The lowest BCUT2D eigenvalue weighted by atomic mass is 10.3. The molecule has 0 amide bonds. The molecule has 0 fully saturated rings. The van der Waals surface area contributed by atoms with E-state index in [9.17, 15) is 43.5 Å². The first-order chi connectivity index (χ1) is 14.7. The van der Waals surface area contributed by atoms with Gasteiger partial charge in [-0.2, -0.15) is 25.3 Å². The number of hydrogen-bond acceptors (Lipinski definition) is 7. The third-order valence-corrected chi connectivity index (χ3v) is 10.7. The molecule has 0 aliphatic carbocycles. The highest BCUT2D eigenvalue weighted by Gasteiger charge is 2.41. The van der Waals surface area contributed by atoms with E-state index in [1.54, 1.807) is 12.1 Å². The maximum Gasteiger partial charge on any atom is 0.297 e. The molecule has 14 heteroatoms. The monoisotopic (exact) mass is 518 g/mol. The highest BCUT2D eigenvalue weighted by molar-refractivity contribution is 7.92. The normalized spacial score (nSPS) is 13.1. The first-order valence-electron chi connectivity index (χ1n) is 8.50.